The Kier molecular flexibility index (Phi) is 4.14. The molecule has 1 N–H and O–H groups in total. The van der Waals surface area contributed by atoms with Crippen LogP contribution in [0.2, 0.25) is 0 Å². The lowest BCUT2D eigenvalue weighted by atomic mass is 9.80. The molecule has 0 aromatic carbocycles. The summed E-state index contributed by atoms with van der Waals surface area (Å²) in [5, 5.41) is 3.26. The van der Waals surface area contributed by atoms with Gasteiger partial charge in [-0.1, -0.05) is 27.7 Å². The molecular formula is C12H24N2O. The van der Waals surface area contributed by atoms with Gasteiger partial charge in [-0.15, -0.1) is 0 Å². The van der Waals surface area contributed by atoms with Crippen LogP contribution in [0.25, 0.3) is 0 Å². The van der Waals surface area contributed by atoms with Crippen LogP contribution in [0.1, 0.15) is 34.1 Å². The molecule has 1 amide bonds. The van der Waals surface area contributed by atoms with E-state index in [9.17, 15) is 4.79 Å². The Balaban J connectivity index is 2.40. The van der Waals surface area contributed by atoms with E-state index in [1.165, 1.54) is 0 Å². The lowest BCUT2D eigenvalue weighted by Gasteiger charge is -2.32. The number of nitrogens with zero attached hydrogens (tertiary/aromatic N) is 1. The van der Waals surface area contributed by atoms with Gasteiger partial charge in [0.1, 0.15) is 0 Å². The van der Waals surface area contributed by atoms with E-state index in [0.29, 0.717) is 18.2 Å². The molecule has 0 aliphatic carbocycles. The number of carbonyl (C=O) groups is 1. The summed E-state index contributed by atoms with van der Waals surface area (Å²) >= 11 is 0. The van der Waals surface area contributed by atoms with Crippen LogP contribution < -0.4 is 5.32 Å². The third-order valence-corrected chi connectivity index (χ3v) is 3.43. The average molecular weight is 212 g/mol. The zero-order chi connectivity index (χ0) is 11.5. The van der Waals surface area contributed by atoms with E-state index in [2.05, 4.69) is 33.0 Å². The maximum Gasteiger partial charge on any atom is 0.222 e. The topological polar surface area (TPSA) is 32.3 Å². The van der Waals surface area contributed by atoms with Crippen LogP contribution in [0.4, 0.5) is 0 Å². The first-order valence-electron chi connectivity index (χ1n) is 5.90. The van der Waals surface area contributed by atoms with Crippen molar-refractivity contribution < 1.29 is 4.79 Å². The van der Waals surface area contributed by atoms with Crippen molar-refractivity contribution in [2.45, 2.75) is 34.1 Å². The van der Waals surface area contributed by atoms with E-state index in [1.54, 1.807) is 0 Å². The second-order valence-corrected chi connectivity index (χ2v) is 5.60. The van der Waals surface area contributed by atoms with Crippen molar-refractivity contribution in [3.05, 3.63) is 0 Å². The third kappa shape index (κ3) is 3.82. The first kappa shape index (κ1) is 12.5. The maximum atomic E-state index is 12.0. The van der Waals surface area contributed by atoms with E-state index >= 15 is 0 Å². The number of carbonyl (C=O) groups excluding carboxylic acids is 1. The average Bonchev–Trinajstić information content (AvgIpc) is 2.17. The Morgan fingerprint density at radius 2 is 1.87 bits per heavy atom. The fourth-order valence-electron chi connectivity index (χ4n) is 1.61. The first-order valence-corrected chi connectivity index (χ1v) is 5.90. The molecule has 88 valence electrons. The van der Waals surface area contributed by atoms with Gasteiger partial charge in [0.2, 0.25) is 5.91 Å². The molecule has 1 saturated heterocycles. The second kappa shape index (κ2) is 4.97. The molecule has 1 heterocycles. The van der Waals surface area contributed by atoms with Crippen LogP contribution in [-0.4, -0.2) is 37.0 Å². The monoisotopic (exact) mass is 212 g/mol. The Bertz CT molecular complexity index is 214. The smallest absolute Gasteiger partial charge is 0.222 e. The number of amides is 1. The largest absolute Gasteiger partial charge is 0.340 e. The molecule has 1 aliphatic heterocycles. The summed E-state index contributed by atoms with van der Waals surface area (Å²) in [5.74, 6) is 0.763. The van der Waals surface area contributed by atoms with E-state index in [-0.39, 0.29) is 5.41 Å². The van der Waals surface area contributed by atoms with Gasteiger partial charge in [0, 0.05) is 32.6 Å². The summed E-state index contributed by atoms with van der Waals surface area (Å²) < 4.78 is 0. The summed E-state index contributed by atoms with van der Waals surface area (Å²) in [6.07, 6.45) is 0.684. The summed E-state index contributed by atoms with van der Waals surface area (Å²) in [6.45, 7) is 12.4. The lowest BCUT2D eigenvalue weighted by molar-refractivity contribution is -0.133. The molecule has 0 aromatic heterocycles. The summed E-state index contributed by atoms with van der Waals surface area (Å²) in [7, 11) is 0. The fourth-order valence-corrected chi connectivity index (χ4v) is 1.61. The first-order chi connectivity index (χ1) is 6.91. The molecule has 0 bridgehead atoms. The van der Waals surface area contributed by atoms with E-state index in [1.807, 2.05) is 4.90 Å². The van der Waals surface area contributed by atoms with Crippen molar-refractivity contribution in [3.8, 4) is 0 Å². The summed E-state index contributed by atoms with van der Waals surface area (Å²) in [5.41, 5.74) is 0.226. The van der Waals surface area contributed by atoms with Gasteiger partial charge < -0.3 is 10.2 Å². The fraction of sp³-hybridized carbons (Fsp3) is 0.917. The molecular weight excluding hydrogens is 188 g/mol. The summed E-state index contributed by atoms with van der Waals surface area (Å²) in [4.78, 5) is 13.9. The predicted molar refractivity (Wildman–Crippen MR) is 62.7 cm³/mol. The number of nitrogens with one attached hydrogen (secondary N) is 1. The minimum atomic E-state index is 0.226. The molecule has 1 rings (SSSR count). The van der Waals surface area contributed by atoms with Crippen molar-refractivity contribution in [1.29, 1.82) is 0 Å². The van der Waals surface area contributed by atoms with Crippen molar-refractivity contribution in [2.75, 3.05) is 26.2 Å². The van der Waals surface area contributed by atoms with Gasteiger partial charge in [0.05, 0.1) is 0 Å². The van der Waals surface area contributed by atoms with Gasteiger partial charge in [0.15, 0.2) is 0 Å². The SMILES string of the molecule is CC(CC(=O)N1CCNCC1)C(C)(C)C. The van der Waals surface area contributed by atoms with Crippen LogP contribution in [0, 0.1) is 11.3 Å². The normalized spacial score (nSPS) is 20.1. The highest BCUT2D eigenvalue weighted by atomic mass is 16.2. The van der Waals surface area contributed by atoms with Gasteiger partial charge in [0.25, 0.3) is 0 Å². The highest BCUT2D eigenvalue weighted by Crippen LogP contribution is 2.28. The molecule has 1 fully saturated rings. The zero-order valence-corrected chi connectivity index (χ0v) is 10.5. The molecule has 0 saturated carbocycles. The quantitative estimate of drug-likeness (QED) is 0.752. The van der Waals surface area contributed by atoms with Gasteiger partial charge in [-0.3, -0.25) is 4.79 Å². The molecule has 15 heavy (non-hydrogen) atoms. The van der Waals surface area contributed by atoms with E-state index < -0.39 is 0 Å². The molecule has 0 aromatic rings. The molecule has 0 radical (unpaired) electrons. The minimum absolute atomic E-state index is 0.226. The highest BCUT2D eigenvalue weighted by Gasteiger charge is 2.25. The second-order valence-electron chi connectivity index (χ2n) is 5.60. The number of rotatable bonds is 2. The molecule has 1 unspecified atom stereocenters. The van der Waals surface area contributed by atoms with Gasteiger partial charge in [-0.05, 0) is 11.3 Å². The number of piperazine rings is 1. The van der Waals surface area contributed by atoms with Crippen LogP contribution >= 0.6 is 0 Å². The Hall–Kier alpha value is -0.570. The third-order valence-electron chi connectivity index (χ3n) is 3.43. The Labute approximate surface area is 93.2 Å². The van der Waals surface area contributed by atoms with Crippen LogP contribution in [0.3, 0.4) is 0 Å². The number of hydrogen-bond acceptors (Lipinski definition) is 2. The van der Waals surface area contributed by atoms with Crippen molar-refractivity contribution in [2.24, 2.45) is 11.3 Å². The standard InChI is InChI=1S/C12H24N2O/c1-10(12(2,3)4)9-11(15)14-7-5-13-6-8-14/h10,13H,5-9H2,1-4H3. The lowest BCUT2D eigenvalue weighted by Crippen LogP contribution is -2.47. The summed E-state index contributed by atoms with van der Waals surface area (Å²) in [6, 6.07) is 0. The van der Waals surface area contributed by atoms with Gasteiger partial charge in [-0.2, -0.15) is 0 Å². The van der Waals surface area contributed by atoms with E-state index in [4.69, 9.17) is 0 Å². The van der Waals surface area contributed by atoms with Crippen molar-refractivity contribution >= 4 is 5.91 Å². The highest BCUT2D eigenvalue weighted by molar-refractivity contribution is 5.76. The Morgan fingerprint density at radius 1 is 1.33 bits per heavy atom. The Morgan fingerprint density at radius 3 is 2.33 bits per heavy atom. The number of hydrogen-bond donors (Lipinski definition) is 1. The van der Waals surface area contributed by atoms with Gasteiger partial charge in [-0.25, -0.2) is 0 Å². The predicted octanol–water partition coefficient (Wildman–Crippen LogP) is 1.49. The van der Waals surface area contributed by atoms with Gasteiger partial charge >= 0.3 is 0 Å². The maximum absolute atomic E-state index is 12.0. The molecule has 0 spiro atoms. The van der Waals surface area contributed by atoms with Crippen molar-refractivity contribution in [3.63, 3.8) is 0 Å². The zero-order valence-electron chi connectivity index (χ0n) is 10.5. The molecule has 1 atom stereocenters. The minimum Gasteiger partial charge on any atom is -0.340 e. The van der Waals surface area contributed by atoms with E-state index in [0.717, 1.165) is 26.2 Å². The van der Waals surface area contributed by atoms with Crippen LogP contribution in [-0.2, 0) is 4.79 Å². The van der Waals surface area contributed by atoms with Crippen LogP contribution in [0.5, 0.6) is 0 Å². The van der Waals surface area contributed by atoms with Crippen molar-refractivity contribution in [1.82, 2.24) is 10.2 Å². The van der Waals surface area contributed by atoms with Crippen LogP contribution in [0.15, 0.2) is 0 Å². The molecule has 1 aliphatic rings. The molecule has 3 nitrogen and oxygen atoms in total. The molecule has 3 heteroatoms.